The van der Waals surface area contributed by atoms with Crippen molar-refractivity contribution in [3.63, 3.8) is 0 Å². The van der Waals surface area contributed by atoms with E-state index in [2.05, 4.69) is 182 Å². The van der Waals surface area contributed by atoms with Gasteiger partial charge in [-0.15, -0.1) is 0 Å². The lowest BCUT2D eigenvalue weighted by atomic mass is 9.83. The van der Waals surface area contributed by atoms with Crippen LogP contribution in [0.15, 0.2) is 182 Å². The Balaban J connectivity index is 1.32. The van der Waals surface area contributed by atoms with E-state index >= 15 is 0 Å². The van der Waals surface area contributed by atoms with E-state index in [0.717, 1.165) is 0 Å². The molecule has 0 amide bonds. The zero-order valence-corrected chi connectivity index (χ0v) is 25.3. The van der Waals surface area contributed by atoms with Gasteiger partial charge in [-0.25, -0.2) is 0 Å². The molecule has 9 rings (SSSR count). The molecule has 0 heteroatoms. The van der Waals surface area contributed by atoms with Crippen LogP contribution < -0.4 is 0 Å². The van der Waals surface area contributed by atoms with Gasteiger partial charge in [0.2, 0.25) is 0 Å². The summed E-state index contributed by atoms with van der Waals surface area (Å²) in [6.45, 7) is 0. The van der Waals surface area contributed by atoms with Crippen LogP contribution in [0.2, 0.25) is 0 Å². The van der Waals surface area contributed by atoms with Crippen molar-refractivity contribution in [1.29, 1.82) is 0 Å². The van der Waals surface area contributed by atoms with E-state index in [1.807, 2.05) is 0 Å². The van der Waals surface area contributed by atoms with Gasteiger partial charge in [0.25, 0.3) is 0 Å². The molecule has 0 saturated carbocycles. The van der Waals surface area contributed by atoms with Gasteiger partial charge in [-0.2, -0.15) is 0 Å². The lowest BCUT2D eigenvalue weighted by molar-refractivity contribution is 1.60. The highest BCUT2D eigenvalue weighted by atomic mass is 14.2. The molecule has 0 aromatic heterocycles. The molecule has 0 atom stereocenters. The van der Waals surface area contributed by atoms with Gasteiger partial charge in [0.05, 0.1) is 0 Å². The third-order valence-electron chi connectivity index (χ3n) is 9.42. The summed E-state index contributed by atoms with van der Waals surface area (Å²) in [6, 6.07) is 66.6. The van der Waals surface area contributed by atoms with Gasteiger partial charge in [0.1, 0.15) is 0 Å². The standard InChI is InChI=1S/C46H30/c1-2-14-33-28-35(27-26-31(33)12-1)34-16-9-18-37(29-34)45-43-23-7-5-21-41(43)42-22-6-8-24-44(42)46(45)38-19-10-17-36(30-38)40-25-11-15-32-13-3-4-20-39(32)40/h1-30H. The molecule has 0 spiro atoms. The van der Waals surface area contributed by atoms with Crippen LogP contribution in [-0.2, 0) is 0 Å². The first-order valence-corrected chi connectivity index (χ1v) is 15.9. The molecule has 0 aliphatic heterocycles. The Morgan fingerprint density at radius 3 is 1.37 bits per heavy atom. The Bertz CT molecular complexity index is 2580. The average molecular weight is 583 g/mol. The molecule has 0 heterocycles. The van der Waals surface area contributed by atoms with Gasteiger partial charge >= 0.3 is 0 Å². The lowest BCUT2D eigenvalue weighted by Crippen LogP contribution is -1.93. The second-order valence-electron chi connectivity index (χ2n) is 12.1. The molecule has 0 unspecified atom stereocenters. The summed E-state index contributed by atoms with van der Waals surface area (Å²) in [5.41, 5.74) is 9.91. The molecule has 0 N–H and O–H groups in total. The highest BCUT2D eigenvalue weighted by Crippen LogP contribution is 2.46. The van der Waals surface area contributed by atoms with Crippen LogP contribution in [-0.4, -0.2) is 0 Å². The predicted molar refractivity (Wildman–Crippen MR) is 198 cm³/mol. The molecule has 46 heavy (non-hydrogen) atoms. The Hall–Kier alpha value is -5.98. The first-order valence-electron chi connectivity index (χ1n) is 15.9. The third kappa shape index (κ3) is 4.38. The van der Waals surface area contributed by atoms with Crippen LogP contribution >= 0.6 is 0 Å². The van der Waals surface area contributed by atoms with Crippen LogP contribution in [0.5, 0.6) is 0 Å². The molecule has 0 radical (unpaired) electrons. The van der Waals surface area contributed by atoms with Crippen LogP contribution in [0.4, 0.5) is 0 Å². The fraction of sp³-hybridized carbons (Fsp3) is 0. The van der Waals surface area contributed by atoms with E-state index in [4.69, 9.17) is 0 Å². The molecule has 0 aliphatic carbocycles. The maximum atomic E-state index is 2.38. The van der Waals surface area contributed by atoms with Crippen molar-refractivity contribution in [3.8, 4) is 44.5 Å². The van der Waals surface area contributed by atoms with E-state index in [0.29, 0.717) is 0 Å². The van der Waals surface area contributed by atoms with Gasteiger partial charge in [-0.3, -0.25) is 0 Å². The van der Waals surface area contributed by atoms with Crippen molar-refractivity contribution >= 4 is 43.1 Å². The largest absolute Gasteiger partial charge is 0.0616 e. The van der Waals surface area contributed by atoms with Crippen molar-refractivity contribution < 1.29 is 0 Å². The smallest absolute Gasteiger partial charge is 0.00201 e. The van der Waals surface area contributed by atoms with Gasteiger partial charge in [0, 0.05) is 0 Å². The van der Waals surface area contributed by atoms with Crippen molar-refractivity contribution in [2.45, 2.75) is 0 Å². The van der Waals surface area contributed by atoms with Crippen LogP contribution in [0.1, 0.15) is 0 Å². The third-order valence-corrected chi connectivity index (χ3v) is 9.42. The summed E-state index contributed by atoms with van der Waals surface area (Å²) in [6.07, 6.45) is 0. The van der Waals surface area contributed by atoms with Gasteiger partial charge in [-0.05, 0) is 106 Å². The average Bonchev–Trinajstić information content (AvgIpc) is 3.14. The van der Waals surface area contributed by atoms with Crippen molar-refractivity contribution in [2.75, 3.05) is 0 Å². The van der Waals surface area contributed by atoms with E-state index in [9.17, 15) is 0 Å². The lowest BCUT2D eigenvalue weighted by Gasteiger charge is -2.20. The second kappa shape index (κ2) is 10.9. The summed E-state index contributed by atoms with van der Waals surface area (Å²) < 4.78 is 0. The normalized spacial score (nSPS) is 11.5. The van der Waals surface area contributed by atoms with E-state index in [1.165, 1.54) is 87.6 Å². The van der Waals surface area contributed by atoms with Crippen molar-refractivity contribution in [1.82, 2.24) is 0 Å². The molecule has 0 nitrogen and oxygen atoms in total. The molecule has 0 fully saturated rings. The van der Waals surface area contributed by atoms with Gasteiger partial charge < -0.3 is 0 Å². The summed E-state index contributed by atoms with van der Waals surface area (Å²) in [7, 11) is 0. The van der Waals surface area contributed by atoms with Crippen molar-refractivity contribution in [3.05, 3.63) is 182 Å². The van der Waals surface area contributed by atoms with Crippen LogP contribution in [0, 0.1) is 0 Å². The minimum Gasteiger partial charge on any atom is -0.0616 e. The zero-order chi connectivity index (χ0) is 30.5. The Morgan fingerprint density at radius 1 is 0.217 bits per heavy atom. The minimum absolute atomic E-state index is 1.22. The number of benzene rings is 9. The summed E-state index contributed by atoms with van der Waals surface area (Å²) >= 11 is 0. The maximum Gasteiger partial charge on any atom is -0.00201 e. The SMILES string of the molecule is c1cc(-c2ccc3ccccc3c2)cc(-c2c(-c3cccc(-c4cccc5ccccc45)c3)c3ccccc3c3ccccc23)c1. The monoisotopic (exact) mass is 582 g/mol. The minimum atomic E-state index is 1.22. The molecule has 9 aromatic rings. The first-order chi connectivity index (χ1) is 22.8. The van der Waals surface area contributed by atoms with E-state index < -0.39 is 0 Å². The highest BCUT2D eigenvalue weighted by Gasteiger charge is 2.18. The molecular weight excluding hydrogens is 553 g/mol. The quantitative estimate of drug-likeness (QED) is 0.181. The number of rotatable bonds is 4. The van der Waals surface area contributed by atoms with Gasteiger partial charge in [-0.1, -0.05) is 164 Å². The maximum absolute atomic E-state index is 2.38. The van der Waals surface area contributed by atoms with E-state index in [1.54, 1.807) is 0 Å². The fourth-order valence-electron chi connectivity index (χ4n) is 7.28. The summed E-state index contributed by atoms with van der Waals surface area (Å²) in [5.74, 6) is 0. The molecule has 214 valence electrons. The first kappa shape index (κ1) is 26.4. The predicted octanol–water partition coefficient (Wildman–Crippen LogP) is 13.0. The Labute approximate surface area is 268 Å². The molecule has 0 bridgehead atoms. The summed E-state index contributed by atoms with van der Waals surface area (Å²) in [4.78, 5) is 0. The molecule has 0 saturated heterocycles. The van der Waals surface area contributed by atoms with Crippen molar-refractivity contribution in [2.24, 2.45) is 0 Å². The topological polar surface area (TPSA) is 0 Å². The second-order valence-corrected chi connectivity index (χ2v) is 12.1. The van der Waals surface area contributed by atoms with Crippen LogP contribution in [0.25, 0.3) is 87.6 Å². The Kier molecular flexibility index (Phi) is 6.25. The fourth-order valence-corrected chi connectivity index (χ4v) is 7.28. The van der Waals surface area contributed by atoms with Gasteiger partial charge in [0.15, 0.2) is 0 Å². The Morgan fingerprint density at radius 2 is 0.674 bits per heavy atom. The molecule has 0 aliphatic rings. The highest BCUT2D eigenvalue weighted by molar-refractivity contribution is 6.21. The number of fused-ring (bicyclic) bond motifs is 5. The van der Waals surface area contributed by atoms with E-state index in [-0.39, 0.29) is 0 Å². The summed E-state index contributed by atoms with van der Waals surface area (Å²) in [5, 5.41) is 10.1. The molecule has 9 aromatic carbocycles. The number of hydrogen-bond donors (Lipinski definition) is 0. The number of hydrogen-bond acceptors (Lipinski definition) is 0. The molecular formula is C46H30. The van der Waals surface area contributed by atoms with Crippen LogP contribution in [0.3, 0.4) is 0 Å². The zero-order valence-electron chi connectivity index (χ0n) is 25.3.